The third-order valence-corrected chi connectivity index (χ3v) is 4.37. The quantitative estimate of drug-likeness (QED) is 0.860. The van der Waals surface area contributed by atoms with E-state index in [2.05, 4.69) is 70.7 Å². The minimum absolute atomic E-state index is 0.0484. The van der Waals surface area contributed by atoms with Crippen LogP contribution in [0.5, 0.6) is 0 Å². The second-order valence-electron chi connectivity index (χ2n) is 7.00. The van der Waals surface area contributed by atoms with Gasteiger partial charge in [0.15, 0.2) is 0 Å². The number of benzene rings is 1. The fourth-order valence-electron chi connectivity index (χ4n) is 2.86. The Kier molecular flexibility index (Phi) is 5.79. The van der Waals surface area contributed by atoms with Crippen molar-refractivity contribution in [2.45, 2.75) is 58.9 Å². The molecule has 1 aromatic rings. The summed E-state index contributed by atoms with van der Waals surface area (Å²) >= 11 is 0. The van der Waals surface area contributed by atoms with Crippen LogP contribution in [0.2, 0.25) is 0 Å². The van der Waals surface area contributed by atoms with Gasteiger partial charge in [-0.05, 0) is 43.0 Å². The molecule has 20 heavy (non-hydrogen) atoms. The summed E-state index contributed by atoms with van der Waals surface area (Å²) in [7, 11) is 0. The predicted octanol–water partition coefficient (Wildman–Crippen LogP) is 3.59. The first-order valence-electron chi connectivity index (χ1n) is 7.81. The van der Waals surface area contributed by atoms with E-state index in [0.29, 0.717) is 6.54 Å². The third-order valence-electron chi connectivity index (χ3n) is 4.37. The monoisotopic (exact) mass is 276 g/mol. The van der Waals surface area contributed by atoms with E-state index in [1.807, 2.05) is 0 Å². The molecule has 0 aromatic heterocycles. The Morgan fingerprint density at radius 1 is 0.950 bits per heavy atom. The van der Waals surface area contributed by atoms with Gasteiger partial charge in [0.25, 0.3) is 0 Å². The Balaban J connectivity index is 2.91. The molecule has 1 aromatic carbocycles. The van der Waals surface area contributed by atoms with Gasteiger partial charge in [-0.3, -0.25) is 4.90 Å². The Hall–Kier alpha value is -0.860. The Morgan fingerprint density at radius 2 is 1.45 bits per heavy atom. The van der Waals surface area contributed by atoms with Crippen LogP contribution in [-0.4, -0.2) is 30.1 Å². The fourth-order valence-corrected chi connectivity index (χ4v) is 2.86. The standard InChI is InChI=1S/C18H32N2/c1-7-20(8-2)18(6,14-19)13-15-9-11-16(12-10-15)17(3,4)5/h9-12H,7-8,13-14,19H2,1-6H3. The number of likely N-dealkylation sites (N-methyl/N-ethyl adjacent to an activating group) is 1. The van der Waals surface area contributed by atoms with Gasteiger partial charge in [-0.25, -0.2) is 0 Å². The molecule has 2 N–H and O–H groups in total. The van der Waals surface area contributed by atoms with Crippen LogP contribution in [0.1, 0.15) is 52.7 Å². The molecule has 114 valence electrons. The first kappa shape index (κ1) is 17.2. The first-order valence-corrected chi connectivity index (χ1v) is 7.81. The van der Waals surface area contributed by atoms with Crippen molar-refractivity contribution in [2.75, 3.05) is 19.6 Å². The van der Waals surface area contributed by atoms with Gasteiger partial charge in [-0.2, -0.15) is 0 Å². The van der Waals surface area contributed by atoms with E-state index in [1.165, 1.54) is 11.1 Å². The van der Waals surface area contributed by atoms with Gasteiger partial charge in [0.2, 0.25) is 0 Å². The predicted molar refractivity (Wildman–Crippen MR) is 89.2 cm³/mol. The van der Waals surface area contributed by atoms with Gasteiger partial charge in [0.05, 0.1) is 0 Å². The molecule has 0 spiro atoms. The van der Waals surface area contributed by atoms with E-state index >= 15 is 0 Å². The maximum absolute atomic E-state index is 6.06. The molecular weight excluding hydrogens is 244 g/mol. The molecule has 2 nitrogen and oxygen atoms in total. The number of rotatable bonds is 6. The summed E-state index contributed by atoms with van der Waals surface area (Å²) in [6, 6.07) is 9.04. The highest BCUT2D eigenvalue weighted by Gasteiger charge is 2.28. The molecule has 0 aliphatic carbocycles. The molecule has 0 aliphatic heterocycles. The van der Waals surface area contributed by atoms with Crippen LogP contribution in [0.3, 0.4) is 0 Å². The van der Waals surface area contributed by atoms with E-state index in [1.54, 1.807) is 0 Å². The van der Waals surface area contributed by atoms with Crippen molar-refractivity contribution in [3.63, 3.8) is 0 Å². The minimum atomic E-state index is 0.0484. The van der Waals surface area contributed by atoms with Crippen LogP contribution >= 0.6 is 0 Å². The molecule has 0 saturated heterocycles. The average molecular weight is 276 g/mol. The van der Waals surface area contributed by atoms with E-state index in [-0.39, 0.29) is 11.0 Å². The van der Waals surface area contributed by atoms with Gasteiger partial charge in [0, 0.05) is 12.1 Å². The van der Waals surface area contributed by atoms with Crippen LogP contribution < -0.4 is 5.73 Å². The van der Waals surface area contributed by atoms with Crippen molar-refractivity contribution >= 4 is 0 Å². The zero-order chi connectivity index (χ0) is 15.4. The van der Waals surface area contributed by atoms with Gasteiger partial charge < -0.3 is 5.73 Å². The average Bonchev–Trinajstić information content (AvgIpc) is 2.39. The van der Waals surface area contributed by atoms with E-state index in [9.17, 15) is 0 Å². The van der Waals surface area contributed by atoms with Crippen molar-refractivity contribution in [3.8, 4) is 0 Å². The molecule has 0 radical (unpaired) electrons. The lowest BCUT2D eigenvalue weighted by atomic mass is 9.85. The minimum Gasteiger partial charge on any atom is -0.329 e. The summed E-state index contributed by atoms with van der Waals surface area (Å²) in [6.45, 7) is 16.2. The first-order chi connectivity index (χ1) is 9.26. The molecule has 0 saturated carbocycles. The van der Waals surface area contributed by atoms with Crippen molar-refractivity contribution in [3.05, 3.63) is 35.4 Å². The lowest BCUT2D eigenvalue weighted by Gasteiger charge is -2.40. The van der Waals surface area contributed by atoms with Crippen LogP contribution in [0.25, 0.3) is 0 Å². The van der Waals surface area contributed by atoms with Crippen LogP contribution in [0, 0.1) is 0 Å². The topological polar surface area (TPSA) is 29.3 Å². The zero-order valence-corrected chi connectivity index (χ0v) is 14.2. The molecule has 2 heteroatoms. The summed E-state index contributed by atoms with van der Waals surface area (Å²) in [4.78, 5) is 2.46. The van der Waals surface area contributed by atoms with Gasteiger partial charge in [0.1, 0.15) is 0 Å². The van der Waals surface area contributed by atoms with Crippen LogP contribution in [0.15, 0.2) is 24.3 Å². The highest BCUT2D eigenvalue weighted by atomic mass is 15.2. The van der Waals surface area contributed by atoms with Crippen LogP contribution in [-0.2, 0) is 11.8 Å². The second kappa shape index (κ2) is 6.73. The van der Waals surface area contributed by atoms with Gasteiger partial charge in [-0.15, -0.1) is 0 Å². The Bertz CT molecular complexity index is 398. The molecule has 0 amide bonds. The molecular formula is C18H32N2. The van der Waals surface area contributed by atoms with E-state index < -0.39 is 0 Å². The molecule has 1 atom stereocenters. The summed E-state index contributed by atoms with van der Waals surface area (Å²) in [5, 5.41) is 0. The molecule has 0 fully saturated rings. The highest BCUT2D eigenvalue weighted by Crippen LogP contribution is 2.25. The largest absolute Gasteiger partial charge is 0.329 e. The zero-order valence-electron chi connectivity index (χ0n) is 14.2. The molecule has 0 aliphatic rings. The van der Waals surface area contributed by atoms with Crippen molar-refractivity contribution in [1.82, 2.24) is 4.90 Å². The lowest BCUT2D eigenvalue weighted by molar-refractivity contribution is 0.124. The Morgan fingerprint density at radius 3 is 1.80 bits per heavy atom. The van der Waals surface area contributed by atoms with Crippen molar-refractivity contribution in [1.29, 1.82) is 0 Å². The Labute approximate surface area is 125 Å². The maximum atomic E-state index is 6.06. The number of nitrogens with two attached hydrogens (primary N) is 1. The molecule has 1 unspecified atom stereocenters. The molecule has 1 rings (SSSR count). The molecule has 0 heterocycles. The number of hydrogen-bond acceptors (Lipinski definition) is 2. The third kappa shape index (κ3) is 4.07. The van der Waals surface area contributed by atoms with Gasteiger partial charge in [-0.1, -0.05) is 58.9 Å². The fraction of sp³-hybridized carbons (Fsp3) is 0.667. The summed E-state index contributed by atoms with van der Waals surface area (Å²) < 4.78 is 0. The lowest BCUT2D eigenvalue weighted by Crippen LogP contribution is -2.53. The van der Waals surface area contributed by atoms with Crippen molar-refractivity contribution < 1.29 is 0 Å². The summed E-state index contributed by atoms with van der Waals surface area (Å²) in [6.07, 6.45) is 1.01. The van der Waals surface area contributed by atoms with E-state index in [4.69, 9.17) is 5.73 Å². The maximum Gasteiger partial charge on any atom is 0.0343 e. The summed E-state index contributed by atoms with van der Waals surface area (Å²) in [5.41, 5.74) is 9.09. The smallest absolute Gasteiger partial charge is 0.0343 e. The van der Waals surface area contributed by atoms with E-state index in [0.717, 1.165) is 19.5 Å². The SMILES string of the molecule is CCN(CC)C(C)(CN)Cc1ccc(C(C)(C)C)cc1. The number of nitrogens with zero attached hydrogens (tertiary/aromatic N) is 1. The normalized spacial score (nSPS) is 15.4. The second-order valence-corrected chi connectivity index (χ2v) is 7.00. The van der Waals surface area contributed by atoms with Gasteiger partial charge >= 0.3 is 0 Å². The van der Waals surface area contributed by atoms with Crippen LogP contribution in [0.4, 0.5) is 0 Å². The van der Waals surface area contributed by atoms with Crippen molar-refractivity contribution in [2.24, 2.45) is 5.73 Å². The molecule has 0 bridgehead atoms. The number of hydrogen-bond donors (Lipinski definition) is 1. The summed E-state index contributed by atoms with van der Waals surface area (Å²) in [5.74, 6) is 0. The highest BCUT2D eigenvalue weighted by molar-refractivity contribution is 5.28.